The number of benzene rings is 3. The first-order valence-corrected chi connectivity index (χ1v) is 19.0. The van der Waals surface area contributed by atoms with E-state index in [9.17, 15) is 30.0 Å². The van der Waals surface area contributed by atoms with Crippen molar-refractivity contribution in [3.05, 3.63) is 141 Å². The lowest BCUT2D eigenvalue weighted by Gasteiger charge is -2.38. The van der Waals surface area contributed by atoms with Crippen LogP contribution in [0.3, 0.4) is 0 Å². The van der Waals surface area contributed by atoms with Gasteiger partial charge in [0.05, 0.1) is 19.1 Å². The van der Waals surface area contributed by atoms with Crippen LogP contribution in [0.1, 0.15) is 76.2 Å². The molecule has 10 heteroatoms. The summed E-state index contributed by atoms with van der Waals surface area (Å²) in [6.07, 6.45) is 7.18. The second-order valence-electron chi connectivity index (χ2n) is 14.8. The van der Waals surface area contributed by atoms with E-state index in [4.69, 9.17) is 10.1 Å². The Kier molecular flexibility index (Phi) is 11.5. The molecule has 0 saturated carbocycles. The number of aryl methyl sites for hydroxylation is 2. The van der Waals surface area contributed by atoms with Crippen LogP contribution in [0.5, 0.6) is 17.2 Å². The molecule has 4 atom stereocenters. The van der Waals surface area contributed by atoms with Crippen LogP contribution < -0.4 is 9.72 Å². The smallest absolute Gasteiger partial charge is 0.161 e. The number of hydrogen-bond acceptors (Lipinski definition) is 7. The molecule has 4 bridgehead atoms. The average Bonchev–Trinajstić information content (AvgIpc) is 3.84. The summed E-state index contributed by atoms with van der Waals surface area (Å²) in [5.74, 6) is -1.77. The fourth-order valence-electron chi connectivity index (χ4n) is 8.30. The Morgan fingerprint density at radius 1 is 0.927 bits per heavy atom. The Labute approximate surface area is 320 Å². The maximum atomic E-state index is 15.0. The number of hydrogen-bond donors (Lipinski definition) is 5. The Morgan fingerprint density at radius 2 is 1.73 bits per heavy atom. The zero-order valence-electron chi connectivity index (χ0n) is 30.9. The summed E-state index contributed by atoms with van der Waals surface area (Å²) in [4.78, 5) is 37.0. The third-order valence-electron chi connectivity index (χ3n) is 11.0. The summed E-state index contributed by atoms with van der Waals surface area (Å²) in [7, 11) is 1.49. The molecule has 3 aromatic carbocycles. The van der Waals surface area contributed by atoms with Gasteiger partial charge in [-0.05, 0) is 97.0 Å². The SMILES string of the molecule is COc1cc2cc(c1O)Cc1cccc(c1)Cc1cc[nH]c1[N-]CC1=Cc3[n-]ccc3C(CC(O)CCc3cccc(O)c3)C1C(=O)C(CCO)C(=O)CC2. The van der Waals surface area contributed by atoms with Crippen LogP contribution >= 0.6 is 0 Å². The average molecular weight is 742 g/mol. The van der Waals surface area contributed by atoms with Gasteiger partial charge in [-0.1, -0.05) is 83.8 Å². The topological polar surface area (TPSA) is 168 Å². The maximum Gasteiger partial charge on any atom is 0.161 e. The van der Waals surface area contributed by atoms with E-state index < -0.39 is 23.9 Å². The molecular weight excluding hydrogens is 695 g/mol. The Hall–Kier alpha value is -5.58. The van der Waals surface area contributed by atoms with E-state index >= 15 is 0 Å². The quantitative estimate of drug-likeness (QED) is 0.108. The van der Waals surface area contributed by atoms with Crippen molar-refractivity contribution in [2.75, 3.05) is 20.3 Å². The number of aromatic nitrogens is 2. The zero-order valence-corrected chi connectivity index (χ0v) is 30.9. The van der Waals surface area contributed by atoms with Crippen molar-refractivity contribution in [2.45, 2.75) is 63.4 Å². The standard InChI is InChI=1S/C45H47N3O7/c1-55-41-23-30-9-11-40(52)37(14-17-49)44(54)42-33(24-39-36(13-16-46-39)38(42)25-35(51)10-8-27-4-3-7-34(50)22-27)26-48-45-31(12-15-47-45)19-28-5-2-6-29(18-28)20-32(21-30)43(41)53/h2-7,12-13,15-16,18,21-24,35,37-38,42,47,49-51,53H,8-11,14,17,19-20,25-26H2,1H3/q-2. The van der Waals surface area contributed by atoms with Gasteiger partial charge in [0, 0.05) is 30.9 Å². The number of phenols is 2. The molecule has 55 heavy (non-hydrogen) atoms. The maximum absolute atomic E-state index is 15.0. The van der Waals surface area contributed by atoms with E-state index in [0.29, 0.717) is 60.5 Å². The van der Waals surface area contributed by atoms with Gasteiger partial charge in [-0.3, -0.25) is 9.59 Å². The van der Waals surface area contributed by atoms with Crippen LogP contribution in [-0.2, 0) is 35.3 Å². The molecule has 10 nitrogen and oxygen atoms in total. The van der Waals surface area contributed by atoms with Crippen molar-refractivity contribution in [1.29, 1.82) is 0 Å². The van der Waals surface area contributed by atoms with Crippen LogP contribution in [0.2, 0.25) is 0 Å². The minimum Gasteiger partial charge on any atom is -0.664 e. The van der Waals surface area contributed by atoms with Crippen molar-refractivity contribution < 1.29 is 34.8 Å². The molecule has 2 aliphatic rings. The predicted octanol–water partition coefficient (Wildman–Crippen LogP) is 6.84. The van der Waals surface area contributed by atoms with Crippen LogP contribution in [0, 0.1) is 11.8 Å². The minimum atomic E-state index is -1.09. The highest BCUT2D eigenvalue weighted by Crippen LogP contribution is 2.45. The molecule has 5 aromatic rings. The van der Waals surface area contributed by atoms with Crippen LogP contribution in [0.4, 0.5) is 5.82 Å². The monoisotopic (exact) mass is 741 g/mol. The van der Waals surface area contributed by atoms with Gasteiger partial charge in [-0.15, -0.1) is 5.69 Å². The first-order valence-electron chi connectivity index (χ1n) is 19.0. The number of aliphatic hydroxyl groups is 2. The number of aromatic amines is 1. The zero-order chi connectivity index (χ0) is 38.5. The van der Waals surface area contributed by atoms with Crippen molar-refractivity contribution in [3.8, 4) is 17.2 Å². The van der Waals surface area contributed by atoms with E-state index in [-0.39, 0.29) is 55.5 Å². The Balaban J connectivity index is 1.26. The van der Waals surface area contributed by atoms with Gasteiger partial charge < -0.3 is 40.4 Å². The number of methoxy groups -OCH3 is 1. The van der Waals surface area contributed by atoms with Gasteiger partial charge in [0.25, 0.3) is 0 Å². The molecule has 4 unspecified atom stereocenters. The highest BCUT2D eigenvalue weighted by Gasteiger charge is 2.41. The molecule has 0 saturated heterocycles. The van der Waals surface area contributed by atoms with Gasteiger partial charge in [-0.2, -0.15) is 6.20 Å². The number of rotatable bonds is 8. The summed E-state index contributed by atoms with van der Waals surface area (Å²) in [5.41, 5.74) is 7.63. The number of nitrogens with zero attached hydrogens (tertiary/aromatic N) is 2. The van der Waals surface area contributed by atoms with E-state index in [2.05, 4.69) is 22.1 Å². The minimum absolute atomic E-state index is 0.0298. The van der Waals surface area contributed by atoms with Gasteiger partial charge in [0.2, 0.25) is 0 Å². The summed E-state index contributed by atoms with van der Waals surface area (Å²) >= 11 is 0. The molecule has 5 N–H and O–H groups in total. The Bertz CT molecular complexity index is 2180. The summed E-state index contributed by atoms with van der Waals surface area (Å²) in [6, 6.07) is 22.6. The number of ether oxygens (including phenoxy) is 1. The number of aliphatic hydroxyl groups excluding tert-OH is 2. The van der Waals surface area contributed by atoms with Crippen molar-refractivity contribution in [1.82, 2.24) is 9.97 Å². The number of H-pyrrole nitrogens is 1. The molecule has 0 radical (unpaired) electrons. The lowest BCUT2D eigenvalue weighted by molar-refractivity contribution is -0.135. The lowest BCUT2D eigenvalue weighted by atomic mass is 9.68. The third kappa shape index (κ3) is 8.56. The van der Waals surface area contributed by atoms with E-state index in [1.54, 1.807) is 30.5 Å². The molecular formula is C45H47N3O7-2. The van der Waals surface area contributed by atoms with Gasteiger partial charge in [0.1, 0.15) is 11.5 Å². The number of nitrogens with one attached hydrogen (secondary N) is 1. The number of carbonyl (C=O) groups is 2. The van der Waals surface area contributed by atoms with Crippen LogP contribution in [0.15, 0.2) is 90.8 Å². The van der Waals surface area contributed by atoms with Gasteiger partial charge >= 0.3 is 0 Å². The molecule has 7 rings (SSSR count). The second-order valence-corrected chi connectivity index (χ2v) is 14.8. The molecule has 3 heterocycles. The highest BCUT2D eigenvalue weighted by atomic mass is 16.5. The fourth-order valence-corrected chi connectivity index (χ4v) is 8.30. The predicted molar refractivity (Wildman–Crippen MR) is 210 cm³/mol. The number of phenolic OH excluding ortho intramolecular Hbond substituents is 2. The van der Waals surface area contributed by atoms with Gasteiger partial charge in [-0.25, -0.2) is 0 Å². The first kappa shape index (κ1) is 37.7. The highest BCUT2D eigenvalue weighted by molar-refractivity contribution is 6.05. The van der Waals surface area contributed by atoms with Crippen LogP contribution in [-0.4, -0.2) is 63.3 Å². The number of fused-ring (bicyclic) bond motifs is 7. The largest absolute Gasteiger partial charge is 0.664 e. The van der Waals surface area contributed by atoms with Crippen LogP contribution in [0.25, 0.3) is 11.4 Å². The van der Waals surface area contributed by atoms with Crippen molar-refractivity contribution >= 4 is 23.5 Å². The lowest BCUT2D eigenvalue weighted by Crippen LogP contribution is -2.38. The van der Waals surface area contributed by atoms with Gasteiger partial charge in [0.15, 0.2) is 17.3 Å². The number of Topliss-reactive ketones (excluding diaryl/α,β-unsaturated/α-hetero) is 2. The molecule has 0 amide bonds. The molecule has 1 aliphatic carbocycles. The van der Waals surface area contributed by atoms with E-state index in [1.165, 1.54) is 7.11 Å². The number of carbonyl (C=O) groups excluding carboxylic acids is 2. The van der Waals surface area contributed by atoms with Crippen molar-refractivity contribution in [2.24, 2.45) is 11.8 Å². The van der Waals surface area contributed by atoms with E-state index in [0.717, 1.165) is 33.4 Å². The fraction of sp³-hybridized carbons (Fsp3) is 0.333. The second kappa shape index (κ2) is 16.8. The third-order valence-corrected chi connectivity index (χ3v) is 11.0. The molecule has 286 valence electrons. The summed E-state index contributed by atoms with van der Waals surface area (Å²) < 4.78 is 5.53. The molecule has 1 aliphatic heterocycles. The normalized spacial score (nSPS) is 19.4. The number of aromatic hydroxyl groups is 2. The first-order chi connectivity index (χ1) is 26.7. The van der Waals surface area contributed by atoms with Crippen molar-refractivity contribution in [3.63, 3.8) is 0 Å². The Morgan fingerprint density at radius 3 is 2.51 bits per heavy atom. The molecule has 2 aromatic heterocycles. The molecule has 0 fully saturated rings. The van der Waals surface area contributed by atoms with E-state index in [1.807, 2.05) is 48.7 Å². The number of ketones is 2. The summed E-state index contributed by atoms with van der Waals surface area (Å²) in [6.45, 7) is -0.183. The molecule has 0 spiro atoms. The summed E-state index contributed by atoms with van der Waals surface area (Å²) in [5, 5.41) is 47.8.